The van der Waals surface area contributed by atoms with Gasteiger partial charge in [-0.25, -0.2) is 4.79 Å². The maximum Gasteiger partial charge on any atom is 0.326 e. The lowest BCUT2D eigenvalue weighted by Gasteiger charge is -2.31. The summed E-state index contributed by atoms with van der Waals surface area (Å²) >= 11 is 0. The molecule has 3 aromatic rings. The summed E-state index contributed by atoms with van der Waals surface area (Å²) < 4.78 is 0. The van der Waals surface area contributed by atoms with Crippen LogP contribution >= 0.6 is 0 Å². The molecule has 2 aliphatic rings. The molecule has 2 saturated heterocycles. The van der Waals surface area contributed by atoms with Gasteiger partial charge >= 0.3 is 5.97 Å². The molecular formula is C36H44N6O7. The van der Waals surface area contributed by atoms with Crippen molar-refractivity contribution < 1.29 is 33.9 Å². The average molecular weight is 673 g/mol. The number of carboxylic acids is 1. The zero-order valence-electron chi connectivity index (χ0n) is 27.8. The van der Waals surface area contributed by atoms with Crippen molar-refractivity contribution in [2.75, 3.05) is 6.54 Å². The summed E-state index contributed by atoms with van der Waals surface area (Å²) in [6.07, 6.45) is 3.09. The second kappa shape index (κ2) is 15.5. The number of carboxylic acid groups (broad SMARTS) is 1. The van der Waals surface area contributed by atoms with Gasteiger partial charge in [0.1, 0.15) is 24.2 Å². The van der Waals surface area contributed by atoms with Crippen LogP contribution < -0.4 is 16.4 Å². The molecule has 260 valence electrons. The number of aliphatic carboxylic acids is 1. The molecule has 0 aliphatic carbocycles. The maximum atomic E-state index is 14.3. The molecule has 5 amide bonds. The van der Waals surface area contributed by atoms with Crippen LogP contribution in [0.25, 0.3) is 10.9 Å². The molecule has 1 aromatic heterocycles. The summed E-state index contributed by atoms with van der Waals surface area (Å²) in [5, 5.41) is 16.2. The van der Waals surface area contributed by atoms with Gasteiger partial charge in [-0.3, -0.25) is 28.9 Å². The average Bonchev–Trinajstić information content (AvgIpc) is 3.82. The van der Waals surface area contributed by atoms with E-state index in [1.165, 1.54) is 4.90 Å². The van der Waals surface area contributed by atoms with E-state index in [0.717, 1.165) is 21.4 Å². The highest BCUT2D eigenvalue weighted by Crippen LogP contribution is 2.25. The van der Waals surface area contributed by atoms with Crippen molar-refractivity contribution in [1.29, 1.82) is 0 Å². The number of nitrogens with zero attached hydrogens (tertiary/aromatic N) is 2. The Bertz CT molecular complexity index is 1710. The van der Waals surface area contributed by atoms with Crippen LogP contribution in [-0.2, 0) is 41.6 Å². The number of para-hydroxylation sites is 1. The smallest absolute Gasteiger partial charge is 0.326 e. The van der Waals surface area contributed by atoms with E-state index in [1.54, 1.807) is 36.5 Å². The van der Waals surface area contributed by atoms with Crippen LogP contribution in [0.15, 0.2) is 60.8 Å². The molecule has 0 spiro atoms. The van der Waals surface area contributed by atoms with Crippen molar-refractivity contribution in [1.82, 2.24) is 25.4 Å². The molecule has 2 aromatic carbocycles. The number of imide groups is 1. The number of rotatable bonds is 13. The van der Waals surface area contributed by atoms with Gasteiger partial charge in [0, 0.05) is 42.9 Å². The minimum absolute atomic E-state index is 0.00911. The molecule has 0 radical (unpaired) electrons. The predicted molar refractivity (Wildman–Crippen MR) is 181 cm³/mol. The van der Waals surface area contributed by atoms with E-state index in [-0.39, 0.29) is 38.1 Å². The number of likely N-dealkylation sites (tertiary alicyclic amines) is 2. The van der Waals surface area contributed by atoms with E-state index in [0.29, 0.717) is 24.8 Å². The van der Waals surface area contributed by atoms with Crippen molar-refractivity contribution in [2.45, 2.75) is 89.0 Å². The number of hydrogen-bond donors (Lipinski definition) is 5. The minimum Gasteiger partial charge on any atom is -0.480 e. The van der Waals surface area contributed by atoms with Gasteiger partial charge in [-0.1, -0.05) is 62.4 Å². The Hall–Kier alpha value is -5.04. The van der Waals surface area contributed by atoms with Gasteiger partial charge < -0.3 is 31.4 Å². The van der Waals surface area contributed by atoms with E-state index >= 15 is 0 Å². The predicted octanol–water partition coefficient (Wildman–Crippen LogP) is 1.89. The van der Waals surface area contributed by atoms with Crippen molar-refractivity contribution >= 4 is 46.4 Å². The number of amides is 5. The Balaban J connectivity index is 1.39. The fraction of sp³-hybridized carbons (Fsp3) is 0.444. The van der Waals surface area contributed by atoms with E-state index in [1.807, 2.05) is 38.1 Å². The van der Waals surface area contributed by atoms with Crippen LogP contribution in [0.1, 0.15) is 57.1 Å². The van der Waals surface area contributed by atoms with Gasteiger partial charge in [-0.2, -0.15) is 0 Å². The van der Waals surface area contributed by atoms with E-state index in [2.05, 4.69) is 15.6 Å². The number of hydrogen-bond acceptors (Lipinski definition) is 7. The lowest BCUT2D eigenvalue weighted by atomic mass is 10.0. The number of carbonyl (C=O) groups is 6. The highest BCUT2D eigenvalue weighted by Gasteiger charge is 2.44. The zero-order chi connectivity index (χ0) is 35.2. The summed E-state index contributed by atoms with van der Waals surface area (Å²) in [6.45, 7) is 4.15. The maximum absolute atomic E-state index is 14.3. The first-order valence-electron chi connectivity index (χ1n) is 16.8. The molecule has 5 atom stereocenters. The lowest BCUT2D eigenvalue weighted by molar-refractivity contribution is -0.155. The molecule has 49 heavy (non-hydrogen) atoms. The SMILES string of the molecule is CC(C)CC(N)C(=O)NC(Cc1c[nH]c2ccccc12)C(=O)N1CCCC1C(=O)NC(Cc1ccccc1)C(=O)N1C(=O)CCC1C(=O)O. The molecule has 5 rings (SSSR count). The summed E-state index contributed by atoms with van der Waals surface area (Å²) in [7, 11) is 0. The van der Waals surface area contributed by atoms with Gasteiger partial charge in [0.2, 0.25) is 23.6 Å². The quantitative estimate of drug-likeness (QED) is 0.182. The molecular weight excluding hydrogens is 628 g/mol. The first-order valence-corrected chi connectivity index (χ1v) is 16.8. The van der Waals surface area contributed by atoms with Gasteiger partial charge in [-0.15, -0.1) is 0 Å². The largest absolute Gasteiger partial charge is 0.480 e. The summed E-state index contributed by atoms with van der Waals surface area (Å²) in [6, 6.07) is 11.1. The van der Waals surface area contributed by atoms with Crippen molar-refractivity contribution in [3.05, 3.63) is 71.9 Å². The topological polar surface area (TPSA) is 195 Å². The van der Waals surface area contributed by atoms with Crippen molar-refractivity contribution in [3.8, 4) is 0 Å². The highest BCUT2D eigenvalue weighted by atomic mass is 16.4. The summed E-state index contributed by atoms with van der Waals surface area (Å²) in [5.41, 5.74) is 8.57. The number of nitrogens with two attached hydrogens (primary N) is 1. The number of nitrogens with one attached hydrogen (secondary N) is 3. The number of H-pyrrole nitrogens is 1. The van der Waals surface area contributed by atoms with E-state index < -0.39 is 65.7 Å². The van der Waals surface area contributed by atoms with Gasteiger partial charge in [0.15, 0.2) is 0 Å². The fourth-order valence-electron chi connectivity index (χ4n) is 6.80. The third kappa shape index (κ3) is 8.16. The Morgan fingerprint density at radius 3 is 2.33 bits per heavy atom. The second-order valence-electron chi connectivity index (χ2n) is 13.3. The van der Waals surface area contributed by atoms with E-state index in [4.69, 9.17) is 5.73 Å². The monoisotopic (exact) mass is 672 g/mol. The normalized spacial score (nSPS) is 19.6. The zero-order valence-corrected chi connectivity index (χ0v) is 27.8. The first kappa shape index (κ1) is 35.3. The highest BCUT2D eigenvalue weighted by molar-refractivity contribution is 6.05. The molecule has 6 N–H and O–H groups in total. The number of aromatic amines is 1. The molecule has 2 fully saturated rings. The van der Waals surface area contributed by atoms with Crippen LogP contribution in [0.2, 0.25) is 0 Å². The minimum atomic E-state index is -1.32. The number of carbonyl (C=O) groups excluding carboxylic acids is 5. The van der Waals surface area contributed by atoms with E-state index in [9.17, 15) is 33.9 Å². The number of benzene rings is 2. The molecule has 2 aliphatic heterocycles. The molecule has 0 bridgehead atoms. The molecule has 13 nitrogen and oxygen atoms in total. The molecule has 5 unspecified atom stereocenters. The third-order valence-corrected chi connectivity index (χ3v) is 9.25. The van der Waals surface area contributed by atoms with Crippen molar-refractivity contribution in [3.63, 3.8) is 0 Å². The van der Waals surface area contributed by atoms with Gasteiger partial charge in [0.05, 0.1) is 6.04 Å². The second-order valence-corrected chi connectivity index (χ2v) is 13.3. The third-order valence-electron chi connectivity index (χ3n) is 9.25. The van der Waals surface area contributed by atoms with Crippen LogP contribution in [0.5, 0.6) is 0 Å². The molecule has 0 saturated carbocycles. The first-order chi connectivity index (χ1) is 23.4. The van der Waals surface area contributed by atoms with Crippen LogP contribution in [-0.4, -0.2) is 92.1 Å². The Morgan fingerprint density at radius 1 is 0.918 bits per heavy atom. The standard InChI is InChI=1S/C36H44N6O7/c1-21(2)17-25(37)32(44)39-28(19-23-20-38-26-12-7-6-11-24(23)26)34(46)41-16-8-13-29(41)33(45)40-27(18-22-9-4-3-5-10-22)35(47)42-30(36(48)49)14-15-31(42)43/h3-7,9-12,20-21,25,27-30,38H,8,13-19,37H2,1-2H3,(H,39,44)(H,40,45)(H,48,49). The summed E-state index contributed by atoms with van der Waals surface area (Å²) in [5.74, 6) is -4.10. The van der Waals surface area contributed by atoms with Crippen LogP contribution in [0.3, 0.4) is 0 Å². The van der Waals surface area contributed by atoms with Gasteiger partial charge in [-0.05, 0) is 48.8 Å². The lowest BCUT2D eigenvalue weighted by Crippen LogP contribution is -2.59. The fourth-order valence-corrected chi connectivity index (χ4v) is 6.80. The molecule has 3 heterocycles. The number of aromatic nitrogens is 1. The van der Waals surface area contributed by atoms with Crippen LogP contribution in [0.4, 0.5) is 0 Å². The Labute approximate surface area is 284 Å². The Kier molecular flexibility index (Phi) is 11.1. The Morgan fingerprint density at radius 2 is 1.61 bits per heavy atom. The van der Waals surface area contributed by atoms with Crippen molar-refractivity contribution in [2.24, 2.45) is 11.7 Å². The molecule has 13 heteroatoms. The summed E-state index contributed by atoms with van der Waals surface area (Å²) in [4.78, 5) is 85.2. The number of fused-ring (bicyclic) bond motifs is 1. The van der Waals surface area contributed by atoms with Gasteiger partial charge in [0.25, 0.3) is 5.91 Å². The van der Waals surface area contributed by atoms with Crippen LogP contribution in [0, 0.1) is 5.92 Å².